The van der Waals surface area contributed by atoms with E-state index >= 15 is 0 Å². The Bertz CT molecular complexity index is 1470. The number of para-hydroxylation sites is 1. The number of hydrogen-bond acceptors (Lipinski definition) is 11. The minimum absolute atomic E-state index is 0.0737. The Kier molecular flexibility index (Phi) is 7.64. The predicted octanol–water partition coefficient (Wildman–Crippen LogP) is 2.10. The van der Waals surface area contributed by atoms with E-state index in [1.54, 1.807) is 43.3 Å². The molecule has 0 spiro atoms. The number of ether oxygens (including phenoxy) is 3. The van der Waals surface area contributed by atoms with Crippen molar-refractivity contribution in [3.63, 3.8) is 0 Å². The first kappa shape index (κ1) is 26.0. The zero-order valence-corrected chi connectivity index (χ0v) is 21.5. The van der Waals surface area contributed by atoms with Crippen LogP contribution in [0, 0.1) is 6.92 Å². The van der Waals surface area contributed by atoms with Crippen molar-refractivity contribution in [3.05, 3.63) is 66.0 Å². The molecular formula is C24H26N6O6S. The maximum atomic E-state index is 13.2. The molecule has 1 aromatic carbocycles. The Morgan fingerprint density at radius 3 is 2.27 bits per heavy atom. The van der Waals surface area contributed by atoms with Crippen LogP contribution in [0.3, 0.4) is 0 Å². The molecule has 0 radical (unpaired) electrons. The molecule has 13 heteroatoms. The van der Waals surface area contributed by atoms with Gasteiger partial charge in [-0.1, -0.05) is 12.1 Å². The highest BCUT2D eigenvalue weighted by molar-refractivity contribution is 7.90. The van der Waals surface area contributed by atoms with E-state index in [-0.39, 0.29) is 17.3 Å². The van der Waals surface area contributed by atoms with Crippen LogP contribution in [0.2, 0.25) is 0 Å². The van der Waals surface area contributed by atoms with Crippen molar-refractivity contribution in [2.24, 2.45) is 0 Å². The summed E-state index contributed by atoms with van der Waals surface area (Å²) >= 11 is 0. The van der Waals surface area contributed by atoms with E-state index in [0.717, 1.165) is 0 Å². The number of benzene rings is 1. The van der Waals surface area contributed by atoms with Crippen molar-refractivity contribution in [2.75, 3.05) is 27.1 Å². The molecule has 0 aliphatic rings. The molecule has 0 saturated heterocycles. The summed E-state index contributed by atoms with van der Waals surface area (Å²) in [5.41, 5.74) is 1.59. The van der Waals surface area contributed by atoms with Gasteiger partial charge >= 0.3 is 0 Å². The van der Waals surface area contributed by atoms with Crippen molar-refractivity contribution in [1.82, 2.24) is 29.7 Å². The van der Waals surface area contributed by atoms with Gasteiger partial charge in [0.05, 0.1) is 44.7 Å². The van der Waals surface area contributed by atoms with E-state index in [4.69, 9.17) is 14.2 Å². The summed E-state index contributed by atoms with van der Waals surface area (Å²) in [6.45, 7) is 1.74. The minimum atomic E-state index is -3.91. The van der Waals surface area contributed by atoms with E-state index in [0.29, 0.717) is 34.5 Å². The van der Waals surface area contributed by atoms with Crippen molar-refractivity contribution < 1.29 is 27.7 Å². The van der Waals surface area contributed by atoms with Crippen LogP contribution in [-0.2, 0) is 15.6 Å². The average Bonchev–Trinajstić information content (AvgIpc) is 3.30. The summed E-state index contributed by atoms with van der Waals surface area (Å²) in [6, 6.07) is 10.3. The third-order valence-corrected chi connectivity index (χ3v) is 6.94. The molecule has 1 N–H and O–H groups in total. The highest BCUT2D eigenvalue weighted by Gasteiger charge is 2.28. The number of aliphatic hydroxyl groups excluding tert-OH is 1. The van der Waals surface area contributed by atoms with Gasteiger partial charge in [-0.3, -0.25) is 14.5 Å². The summed E-state index contributed by atoms with van der Waals surface area (Å²) in [5, 5.41) is 19.0. The molecule has 3 heterocycles. The predicted molar refractivity (Wildman–Crippen MR) is 133 cm³/mol. The number of rotatable bonds is 10. The fourth-order valence-electron chi connectivity index (χ4n) is 3.67. The van der Waals surface area contributed by atoms with Crippen molar-refractivity contribution in [1.29, 1.82) is 0 Å². The molecule has 0 unspecified atom stereocenters. The average molecular weight is 527 g/mol. The Balaban J connectivity index is 1.80. The molecule has 12 nitrogen and oxygen atoms in total. The normalized spacial score (nSPS) is 12.2. The Morgan fingerprint density at radius 2 is 1.65 bits per heavy atom. The highest BCUT2D eigenvalue weighted by Crippen LogP contribution is 2.36. The van der Waals surface area contributed by atoms with Crippen LogP contribution in [0.1, 0.15) is 23.3 Å². The van der Waals surface area contributed by atoms with Crippen LogP contribution in [0.5, 0.6) is 17.4 Å². The number of aryl methyl sites for hydroxylation is 1. The molecule has 4 rings (SSSR count). The van der Waals surface area contributed by atoms with Crippen LogP contribution in [0.15, 0.2) is 48.8 Å². The molecule has 0 aliphatic heterocycles. The molecule has 1 atom stereocenters. The van der Waals surface area contributed by atoms with Crippen molar-refractivity contribution in [3.8, 4) is 34.6 Å². The fourth-order valence-corrected chi connectivity index (χ4v) is 5.02. The molecule has 0 saturated carbocycles. The molecular weight excluding hydrogens is 500 g/mol. The third-order valence-electron chi connectivity index (χ3n) is 5.42. The van der Waals surface area contributed by atoms with E-state index in [9.17, 15) is 13.5 Å². The molecule has 194 valence electrons. The first-order chi connectivity index (χ1) is 17.8. The van der Waals surface area contributed by atoms with Crippen molar-refractivity contribution >= 4 is 9.84 Å². The summed E-state index contributed by atoms with van der Waals surface area (Å²) in [4.78, 5) is 12.6. The molecule has 37 heavy (non-hydrogen) atoms. The van der Waals surface area contributed by atoms with Gasteiger partial charge in [0.25, 0.3) is 0 Å². The zero-order valence-electron chi connectivity index (χ0n) is 20.7. The van der Waals surface area contributed by atoms with E-state index in [2.05, 4.69) is 25.1 Å². The lowest BCUT2D eigenvalue weighted by Crippen LogP contribution is -2.19. The lowest BCUT2D eigenvalue weighted by atomic mass is 10.2. The van der Waals surface area contributed by atoms with Gasteiger partial charge in [0.15, 0.2) is 21.5 Å². The number of aromatic nitrogens is 6. The van der Waals surface area contributed by atoms with Crippen LogP contribution < -0.4 is 14.2 Å². The maximum absolute atomic E-state index is 13.2. The quantitative estimate of drug-likeness (QED) is 0.323. The summed E-state index contributed by atoms with van der Waals surface area (Å²) < 4.78 is 44.3. The number of aliphatic hydroxyl groups is 1. The smallest absolute Gasteiger partial charge is 0.213 e. The monoisotopic (exact) mass is 526 g/mol. The van der Waals surface area contributed by atoms with Gasteiger partial charge in [-0.2, -0.15) is 0 Å². The Labute approximate surface area is 213 Å². The van der Waals surface area contributed by atoms with E-state index in [1.165, 1.54) is 38.3 Å². The maximum Gasteiger partial charge on any atom is 0.213 e. The Hall–Kier alpha value is -4.10. The molecule has 4 aromatic rings. The lowest BCUT2D eigenvalue weighted by molar-refractivity contribution is 0.196. The highest BCUT2D eigenvalue weighted by atomic mass is 32.2. The largest absolute Gasteiger partial charge is 0.494 e. The number of hydrogen-bond donors (Lipinski definition) is 1. The summed E-state index contributed by atoms with van der Waals surface area (Å²) in [7, 11) is 0.552. The number of methoxy groups -OCH3 is 3. The molecule has 3 aromatic heterocycles. The molecule has 0 bridgehead atoms. The van der Waals surface area contributed by atoms with E-state index in [1.807, 2.05) is 0 Å². The second-order valence-electron chi connectivity index (χ2n) is 8.00. The molecule has 0 amide bonds. The summed E-state index contributed by atoms with van der Waals surface area (Å²) in [6.07, 6.45) is 1.45. The van der Waals surface area contributed by atoms with Gasteiger partial charge in [-0.05, 0) is 25.1 Å². The third kappa shape index (κ3) is 5.67. The standard InChI is InChI=1S/C24H26N6O6S/c1-15-11-26-17(12-25-15)18(31)13-37(32,33)14-21-28-29-24(16-7-5-10-22(27-16)36-4)30(21)23-19(34-2)8-6-9-20(23)35-3/h5-12,18,31H,13-14H2,1-4H3/t18-/m0/s1. The van der Waals surface area contributed by atoms with Gasteiger partial charge in [0, 0.05) is 12.3 Å². The zero-order chi connectivity index (χ0) is 26.6. The van der Waals surface area contributed by atoms with Gasteiger partial charge in [0.2, 0.25) is 5.88 Å². The van der Waals surface area contributed by atoms with Crippen LogP contribution in [0.25, 0.3) is 17.2 Å². The van der Waals surface area contributed by atoms with E-state index < -0.39 is 27.4 Å². The number of sulfone groups is 1. The topological polar surface area (TPSA) is 151 Å². The minimum Gasteiger partial charge on any atom is -0.494 e. The van der Waals surface area contributed by atoms with Crippen molar-refractivity contribution in [2.45, 2.75) is 18.8 Å². The first-order valence-electron chi connectivity index (χ1n) is 11.1. The first-order valence-corrected chi connectivity index (χ1v) is 12.9. The molecule has 0 fully saturated rings. The van der Waals surface area contributed by atoms with Gasteiger partial charge in [0.1, 0.15) is 34.7 Å². The summed E-state index contributed by atoms with van der Waals surface area (Å²) in [5.74, 6) is 0.334. The second-order valence-corrected chi connectivity index (χ2v) is 10.1. The van der Waals surface area contributed by atoms with Crippen LogP contribution >= 0.6 is 0 Å². The van der Waals surface area contributed by atoms with Gasteiger partial charge < -0.3 is 19.3 Å². The lowest BCUT2D eigenvalue weighted by Gasteiger charge is -2.17. The fraction of sp³-hybridized carbons (Fsp3) is 0.292. The van der Waals surface area contributed by atoms with Crippen LogP contribution in [0.4, 0.5) is 0 Å². The van der Waals surface area contributed by atoms with Crippen LogP contribution in [-0.4, -0.2) is 70.3 Å². The van der Waals surface area contributed by atoms with Gasteiger partial charge in [-0.15, -0.1) is 10.2 Å². The van der Waals surface area contributed by atoms with Gasteiger partial charge in [-0.25, -0.2) is 13.4 Å². The second kappa shape index (κ2) is 10.9. The molecule has 0 aliphatic carbocycles. The number of pyridine rings is 1. The SMILES string of the molecule is COc1cccc(-c2nnc(CS(=O)(=O)C[C@H](O)c3cnc(C)cn3)n2-c2c(OC)cccc2OC)n1. The Morgan fingerprint density at radius 1 is 0.946 bits per heavy atom. The number of nitrogens with zero attached hydrogens (tertiary/aromatic N) is 6.